The normalized spacial score (nSPS) is 23.5. The molecule has 1 unspecified atom stereocenters. The predicted molar refractivity (Wildman–Crippen MR) is 59.9 cm³/mol. The lowest BCUT2D eigenvalue weighted by molar-refractivity contribution is -0.119. The number of carbonyl (C=O) groups is 1. The highest BCUT2D eigenvalue weighted by atomic mass is 32.1. The zero-order chi connectivity index (χ0) is 9.97. The smallest absolute Gasteiger partial charge is 0.133 e. The fourth-order valence-electron chi connectivity index (χ4n) is 2.15. The van der Waals surface area contributed by atoms with Crippen LogP contribution in [0, 0.1) is 6.92 Å². The molecule has 1 aromatic rings. The first-order chi connectivity index (χ1) is 6.75. The van der Waals surface area contributed by atoms with Crippen molar-refractivity contribution in [3.63, 3.8) is 0 Å². The SMILES string of the molecule is Cc1cc(C2CCCCC(=O)C2)cs1. The molecule has 1 nitrogen and oxygen atoms in total. The van der Waals surface area contributed by atoms with Gasteiger partial charge in [0.05, 0.1) is 0 Å². The highest BCUT2D eigenvalue weighted by Crippen LogP contribution is 2.32. The molecule has 1 fully saturated rings. The molecule has 1 atom stereocenters. The zero-order valence-corrected chi connectivity index (χ0v) is 9.40. The van der Waals surface area contributed by atoms with E-state index in [2.05, 4.69) is 18.4 Å². The first kappa shape index (κ1) is 9.91. The van der Waals surface area contributed by atoms with Gasteiger partial charge in [-0.2, -0.15) is 0 Å². The third-order valence-corrected chi connectivity index (χ3v) is 3.83. The van der Waals surface area contributed by atoms with Crippen molar-refractivity contribution in [1.29, 1.82) is 0 Å². The Bertz CT molecular complexity index is 327. The van der Waals surface area contributed by atoms with Gasteiger partial charge in [-0.3, -0.25) is 4.79 Å². The molecule has 76 valence electrons. The van der Waals surface area contributed by atoms with Gasteiger partial charge in [0.2, 0.25) is 0 Å². The van der Waals surface area contributed by atoms with Crippen molar-refractivity contribution in [2.75, 3.05) is 0 Å². The van der Waals surface area contributed by atoms with Crippen LogP contribution in [0.3, 0.4) is 0 Å². The van der Waals surface area contributed by atoms with Crippen molar-refractivity contribution >= 4 is 17.1 Å². The van der Waals surface area contributed by atoms with E-state index in [0.717, 1.165) is 19.3 Å². The number of carbonyl (C=O) groups excluding carboxylic acids is 1. The molecule has 1 aromatic heterocycles. The van der Waals surface area contributed by atoms with E-state index in [1.807, 2.05) is 0 Å². The molecule has 2 rings (SSSR count). The van der Waals surface area contributed by atoms with Crippen molar-refractivity contribution in [3.8, 4) is 0 Å². The highest BCUT2D eigenvalue weighted by Gasteiger charge is 2.19. The van der Waals surface area contributed by atoms with E-state index >= 15 is 0 Å². The molecule has 0 saturated heterocycles. The summed E-state index contributed by atoms with van der Waals surface area (Å²) in [7, 11) is 0. The molecule has 2 heteroatoms. The molecule has 1 aliphatic carbocycles. The van der Waals surface area contributed by atoms with Crippen molar-refractivity contribution in [3.05, 3.63) is 21.9 Å². The van der Waals surface area contributed by atoms with E-state index in [4.69, 9.17) is 0 Å². The molecule has 0 N–H and O–H groups in total. The van der Waals surface area contributed by atoms with Crippen molar-refractivity contribution in [1.82, 2.24) is 0 Å². The predicted octanol–water partition coefficient (Wildman–Crippen LogP) is 3.67. The molecular weight excluding hydrogens is 192 g/mol. The van der Waals surface area contributed by atoms with Gasteiger partial charge >= 0.3 is 0 Å². The van der Waals surface area contributed by atoms with Gasteiger partial charge in [-0.1, -0.05) is 6.42 Å². The minimum absolute atomic E-state index is 0.455. The number of thiophene rings is 1. The Kier molecular flexibility index (Phi) is 3.02. The van der Waals surface area contributed by atoms with E-state index in [1.54, 1.807) is 11.3 Å². The lowest BCUT2D eigenvalue weighted by Crippen LogP contribution is -2.02. The molecule has 1 aliphatic rings. The lowest BCUT2D eigenvalue weighted by Gasteiger charge is -2.10. The first-order valence-corrected chi connectivity index (χ1v) is 6.20. The van der Waals surface area contributed by atoms with Crippen LogP contribution in [0.1, 0.15) is 48.5 Å². The Labute approximate surface area is 89.1 Å². The number of hydrogen-bond acceptors (Lipinski definition) is 2. The maximum atomic E-state index is 11.5. The number of ketones is 1. The number of aryl methyl sites for hydroxylation is 1. The van der Waals surface area contributed by atoms with Gasteiger partial charge in [-0.15, -0.1) is 11.3 Å². The number of Topliss-reactive ketones (excluding diaryl/α,β-unsaturated/α-hetero) is 1. The van der Waals surface area contributed by atoms with Crippen LogP contribution in [0.5, 0.6) is 0 Å². The van der Waals surface area contributed by atoms with Crippen molar-refractivity contribution < 1.29 is 4.79 Å². The van der Waals surface area contributed by atoms with Gasteiger partial charge in [0.25, 0.3) is 0 Å². The summed E-state index contributed by atoms with van der Waals surface area (Å²) in [6.07, 6.45) is 5.08. The monoisotopic (exact) mass is 208 g/mol. The molecule has 0 radical (unpaired) electrons. The summed E-state index contributed by atoms with van der Waals surface area (Å²) in [5, 5.41) is 2.22. The zero-order valence-electron chi connectivity index (χ0n) is 8.58. The molecule has 0 amide bonds. The van der Waals surface area contributed by atoms with Crippen molar-refractivity contribution in [2.45, 2.75) is 44.9 Å². The summed E-state index contributed by atoms with van der Waals surface area (Å²) in [4.78, 5) is 12.8. The van der Waals surface area contributed by atoms with Crippen LogP contribution in [0.2, 0.25) is 0 Å². The van der Waals surface area contributed by atoms with Crippen LogP contribution in [0.15, 0.2) is 11.4 Å². The fraction of sp³-hybridized carbons (Fsp3) is 0.583. The summed E-state index contributed by atoms with van der Waals surface area (Å²) in [6, 6.07) is 2.24. The average Bonchev–Trinajstić information content (AvgIpc) is 2.45. The molecule has 0 aromatic carbocycles. The second kappa shape index (κ2) is 4.26. The van der Waals surface area contributed by atoms with Gasteiger partial charge in [-0.25, -0.2) is 0 Å². The Morgan fingerprint density at radius 3 is 3.00 bits per heavy atom. The largest absolute Gasteiger partial charge is 0.300 e. The standard InChI is InChI=1S/C12H16OS/c1-9-6-11(8-14-9)10-4-2-3-5-12(13)7-10/h6,8,10H,2-5,7H2,1H3. The summed E-state index contributed by atoms with van der Waals surface area (Å²) in [5.41, 5.74) is 1.39. The molecule has 1 saturated carbocycles. The van der Waals surface area contributed by atoms with E-state index in [0.29, 0.717) is 11.7 Å². The van der Waals surface area contributed by atoms with Crippen LogP contribution < -0.4 is 0 Å². The summed E-state index contributed by atoms with van der Waals surface area (Å²) < 4.78 is 0. The maximum Gasteiger partial charge on any atom is 0.133 e. The topological polar surface area (TPSA) is 17.1 Å². The van der Waals surface area contributed by atoms with E-state index < -0.39 is 0 Å². The quantitative estimate of drug-likeness (QED) is 0.643. The number of hydrogen-bond donors (Lipinski definition) is 0. The molecule has 0 bridgehead atoms. The molecule has 14 heavy (non-hydrogen) atoms. The van der Waals surface area contributed by atoms with E-state index in [1.165, 1.54) is 23.3 Å². The lowest BCUT2D eigenvalue weighted by atomic mass is 9.93. The first-order valence-electron chi connectivity index (χ1n) is 5.32. The van der Waals surface area contributed by atoms with Gasteiger partial charge in [0.15, 0.2) is 0 Å². The third kappa shape index (κ3) is 2.24. The second-order valence-corrected chi connectivity index (χ2v) is 5.29. The Balaban J connectivity index is 2.12. The van der Waals surface area contributed by atoms with Crippen LogP contribution in [-0.4, -0.2) is 5.78 Å². The second-order valence-electron chi connectivity index (χ2n) is 4.18. The van der Waals surface area contributed by atoms with Gasteiger partial charge in [0, 0.05) is 17.7 Å². The minimum Gasteiger partial charge on any atom is -0.300 e. The van der Waals surface area contributed by atoms with E-state index in [9.17, 15) is 4.79 Å². The maximum absolute atomic E-state index is 11.5. The van der Waals surface area contributed by atoms with Crippen LogP contribution >= 0.6 is 11.3 Å². The molecule has 1 heterocycles. The third-order valence-electron chi connectivity index (χ3n) is 2.95. The Morgan fingerprint density at radius 1 is 1.43 bits per heavy atom. The Morgan fingerprint density at radius 2 is 2.29 bits per heavy atom. The summed E-state index contributed by atoms with van der Waals surface area (Å²) in [5.74, 6) is 0.964. The molecule has 0 aliphatic heterocycles. The fourth-order valence-corrected chi connectivity index (χ4v) is 2.94. The van der Waals surface area contributed by atoms with E-state index in [-0.39, 0.29) is 0 Å². The van der Waals surface area contributed by atoms with Crippen molar-refractivity contribution in [2.24, 2.45) is 0 Å². The molecular formula is C12H16OS. The van der Waals surface area contributed by atoms with Crippen LogP contribution in [-0.2, 0) is 4.79 Å². The van der Waals surface area contributed by atoms with Crippen LogP contribution in [0.4, 0.5) is 0 Å². The number of rotatable bonds is 1. The highest BCUT2D eigenvalue weighted by molar-refractivity contribution is 7.10. The molecule has 0 spiro atoms. The summed E-state index contributed by atoms with van der Waals surface area (Å²) >= 11 is 1.79. The van der Waals surface area contributed by atoms with Gasteiger partial charge in [-0.05, 0) is 42.7 Å². The Hall–Kier alpha value is -0.630. The summed E-state index contributed by atoms with van der Waals surface area (Å²) in [6.45, 7) is 2.13. The minimum atomic E-state index is 0.455. The average molecular weight is 208 g/mol. The van der Waals surface area contributed by atoms with Gasteiger partial charge < -0.3 is 0 Å². The van der Waals surface area contributed by atoms with Gasteiger partial charge in [0.1, 0.15) is 5.78 Å². The van der Waals surface area contributed by atoms with Crippen LogP contribution in [0.25, 0.3) is 0 Å².